The van der Waals surface area contributed by atoms with E-state index in [1.54, 1.807) is 6.07 Å². The summed E-state index contributed by atoms with van der Waals surface area (Å²) in [5.74, 6) is 0.0621. The van der Waals surface area contributed by atoms with Crippen molar-refractivity contribution >= 4 is 33.2 Å². The number of benzene rings is 1. The molecule has 0 saturated heterocycles. The minimum atomic E-state index is -0.353. The van der Waals surface area contributed by atoms with E-state index in [0.717, 1.165) is 35.0 Å². The summed E-state index contributed by atoms with van der Waals surface area (Å²) < 4.78 is 0.811. The molecule has 1 fully saturated rings. The second-order valence-electron chi connectivity index (χ2n) is 5.18. The number of rotatable bonds is 2. The number of aliphatic hydroxyl groups is 1. The topological polar surface area (TPSA) is 52.9 Å². The van der Waals surface area contributed by atoms with Crippen LogP contribution in [0.1, 0.15) is 31.7 Å². The lowest BCUT2D eigenvalue weighted by Gasteiger charge is -2.36. The maximum atomic E-state index is 12.6. The molecule has 1 aliphatic heterocycles. The van der Waals surface area contributed by atoms with Gasteiger partial charge in [-0.05, 0) is 53.4 Å². The molecule has 1 aromatic rings. The first-order chi connectivity index (χ1) is 9.08. The zero-order valence-corrected chi connectivity index (χ0v) is 12.3. The predicted molar refractivity (Wildman–Crippen MR) is 76.9 cm³/mol. The molecule has 4 nitrogen and oxygen atoms in total. The van der Waals surface area contributed by atoms with Gasteiger partial charge in [0.2, 0.25) is 0 Å². The van der Waals surface area contributed by atoms with Gasteiger partial charge in [0.25, 0.3) is 5.91 Å². The largest absolute Gasteiger partial charge is 0.392 e. The molecule has 100 valence electrons. The summed E-state index contributed by atoms with van der Waals surface area (Å²) >= 11 is 3.45. The van der Waals surface area contributed by atoms with Crippen LogP contribution in [0.2, 0.25) is 0 Å². The van der Waals surface area contributed by atoms with Crippen molar-refractivity contribution in [2.45, 2.75) is 32.8 Å². The van der Waals surface area contributed by atoms with E-state index in [1.165, 1.54) is 5.01 Å². The summed E-state index contributed by atoms with van der Waals surface area (Å²) in [7, 11) is 0. The highest BCUT2D eigenvalue weighted by Crippen LogP contribution is 2.48. The van der Waals surface area contributed by atoms with Crippen LogP contribution >= 0.6 is 15.9 Å². The van der Waals surface area contributed by atoms with E-state index in [2.05, 4.69) is 21.0 Å². The zero-order valence-electron chi connectivity index (χ0n) is 10.7. The number of halogens is 1. The van der Waals surface area contributed by atoms with Gasteiger partial charge < -0.3 is 5.11 Å². The summed E-state index contributed by atoms with van der Waals surface area (Å²) in [5.41, 5.74) is 2.03. The molecule has 1 saturated carbocycles. The van der Waals surface area contributed by atoms with Crippen LogP contribution < -0.4 is 5.01 Å². The molecular weight excluding hydrogens is 308 g/mol. The number of carbonyl (C=O) groups is 1. The molecule has 1 spiro atoms. The number of aliphatic hydroxyl groups excluding tert-OH is 1. The van der Waals surface area contributed by atoms with Crippen LogP contribution in [0, 0.1) is 5.41 Å². The SMILES string of the molecule is CC1=NN(c2cc(CO)ccc2Br)C(=O)C12CCC2. The van der Waals surface area contributed by atoms with Crippen LogP contribution in [0.5, 0.6) is 0 Å². The van der Waals surface area contributed by atoms with Crippen molar-refractivity contribution < 1.29 is 9.90 Å². The molecule has 0 aromatic heterocycles. The third-order valence-electron chi connectivity index (χ3n) is 4.17. The fourth-order valence-electron chi connectivity index (χ4n) is 2.74. The van der Waals surface area contributed by atoms with Crippen LogP contribution in [-0.4, -0.2) is 16.7 Å². The molecular formula is C14H15BrN2O2. The Morgan fingerprint density at radius 2 is 2.21 bits per heavy atom. The van der Waals surface area contributed by atoms with Crippen LogP contribution in [0.4, 0.5) is 5.69 Å². The predicted octanol–water partition coefficient (Wildman–Crippen LogP) is 2.83. The van der Waals surface area contributed by atoms with E-state index in [0.29, 0.717) is 5.69 Å². The minimum Gasteiger partial charge on any atom is -0.392 e. The quantitative estimate of drug-likeness (QED) is 0.910. The van der Waals surface area contributed by atoms with E-state index in [4.69, 9.17) is 0 Å². The number of hydrazone groups is 1. The maximum Gasteiger partial charge on any atom is 0.259 e. The standard InChI is InChI=1S/C14H15BrN2O2/c1-9-14(5-2-6-14)13(19)17(16-9)12-7-10(8-18)3-4-11(12)15/h3-4,7,18H,2,5-6,8H2,1H3. The van der Waals surface area contributed by atoms with E-state index >= 15 is 0 Å². The Kier molecular flexibility index (Phi) is 2.98. The summed E-state index contributed by atoms with van der Waals surface area (Å²) in [6.45, 7) is 1.89. The maximum absolute atomic E-state index is 12.6. The Balaban J connectivity index is 2.02. The Bertz CT molecular complexity index is 579. The lowest BCUT2D eigenvalue weighted by atomic mass is 9.66. The van der Waals surface area contributed by atoms with Gasteiger partial charge in [-0.1, -0.05) is 12.5 Å². The highest BCUT2D eigenvalue weighted by Gasteiger charge is 2.53. The Hall–Kier alpha value is -1.20. The molecule has 3 rings (SSSR count). The number of amides is 1. The van der Waals surface area contributed by atoms with Crippen LogP contribution in [0.25, 0.3) is 0 Å². The number of carbonyl (C=O) groups excluding carboxylic acids is 1. The van der Waals surface area contributed by atoms with Gasteiger partial charge in [0.15, 0.2) is 0 Å². The molecule has 2 aliphatic rings. The van der Waals surface area contributed by atoms with Gasteiger partial charge in [0, 0.05) is 4.47 Å². The molecule has 1 aliphatic carbocycles. The van der Waals surface area contributed by atoms with E-state index in [1.807, 2.05) is 19.1 Å². The molecule has 1 heterocycles. The fourth-order valence-corrected chi connectivity index (χ4v) is 3.15. The van der Waals surface area contributed by atoms with Gasteiger partial charge in [-0.3, -0.25) is 4.79 Å². The van der Waals surface area contributed by atoms with Crippen molar-refractivity contribution in [2.24, 2.45) is 10.5 Å². The first kappa shape index (κ1) is 12.8. The van der Waals surface area contributed by atoms with Gasteiger partial charge in [-0.2, -0.15) is 10.1 Å². The zero-order chi connectivity index (χ0) is 13.6. The molecule has 0 radical (unpaired) electrons. The van der Waals surface area contributed by atoms with Gasteiger partial charge >= 0.3 is 0 Å². The van der Waals surface area contributed by atoms with E-state index in [9.17, 15) is 9.90 Å². The molecule has 0 bridgehead atoms. The van der Waals surface area contributed by atoms with Gasteiger partial charge in [0.1, 0.15) is 0 Å². The minimum absolute atomic E-state index is 0.0455. The Morgan fingerprint density at radius 1 is 1.47 bits per heavy atom. The summed E-state index contributed by atoms with van der Waals surface area (Å²) in [6, 6.07) is 5.46. The van der Waals surface area contributed by atoms with E-state index in [-0.39, 0.29) is 17.9 Å². The smallest absolute Gasteiger partial charge is 0.259 e. The molecule has 0 unspecified atom stereocenters. The highest BCUT2D eigenvalue weighted by molar-refractivity contribution is 9.10. The number of hydrogen-bond donors (Lipinski definition) is 1. The molecule has 0 atom stereocenters. The van der Waals surface area contributed by atoms with Crippen molar-refractivity contribution in [3.05, 3.63) is 28.2 Å². The summed E-state index contributed by atoms with van der Waals surface area (Å²) in [4.78, 5) is 12.6. The molecule has 1 amide bonds. The van der Waals surface area contributed by atoms with Gasteiger partial charge in [0.05, 0.1) is 23.4 Å². The molecule has 5 heteroatoms. The van der Waals surface area contributed by atoms with Crippen molar-refractivity contribution in [1.29, 1.82) is 0 Å². The van der Waals surface area contributed by atoms with Crippen molar-refractivity contribution in [3.63, 3.8) is 0 Å². The first-order valence-corrected chi connectivity index (χ1v) is 7.17. The lowest BCUT2D eigenvalue weighted by Crippen LogP contribution is -2.44. The lowest BCUT2D eigenvalue weighted by molar-refractivity contribution is -0.126. The molecule has 19 heavy (non-hydrogen) atoms. The number of anilines is 1. The monoisotopic (exact) mass is 322 g/mol. The van der Waals surface area contributed by atoms with Crippen LogP contribution in [0.3, 0.4) is 0 Å². The highest BCUT2D eigenvalue weighted by atomic mass is 79.9. The van der Waals surface area contributed by atoms with Gasteiger partial charge in [-0.15, -0.1) is 0 Å². The van der Waals surface area contributed by atoms with Crippen LogP contribution in [0.15, 0.2) is 27.8 Å². The Labute approximate surface area is 120 Å². The molecule has 1 N–H and O–H groups in total. The number of nitrogens with zero attached hydrogens (tertiary/aromatic N) is 2. The van der Waals surface area contributed by atoms with Crippen molar-refractivity contribution in [1.82, 2.24) is 0 Å². The molecule has 1 aromatic carbocycles. The summed E-state index contributed by atoms with van der Waals surface area (Å²) in [6.07, 6.45) is 2.88. The van der Waals surface area contributed by atoms with Gasteiger partial charge in [-0.25, -0.2) is 0 Å². The first-order valence-electron chi connectivity index (χ1n) is 6.38. The number of hydrogen-bond acceptors (Lipinski definition) is 3. The Morgan fingerprint density at radius 3 is 2.74 bits per heavy atom. The third-order valence-corrected chi connectivity index (χ3v) is 4.84. The fraction of sp³-hybridized carbons (Fsp3) is 0.429. The second-order valence-corrected chi connectivity index (χ2v) is 6.04. The van der Waals surface area contributed by atoms with Crippen LogP contribution in [-0.2, 0) is 11.4 Å². The second kappa shape index (κ2) is 4.42. The van der Waals surface area contributed by atoms with Crippen molar-refractivity contribution in [2.75, 3.05) is 5.01 Å². The van der Waals surface area contributed by atoms with E-state index < -0.39 is 0 Å². The average Bonchev–Trinajstić information content (AvgIpc) is 2.61. The summed E-state index contributed by atoms with van der Waals surface area (Å²) in [5, 5.41) is 15.1. The average molecular weight is 323 g/mol. The third kappa shape index (κ3) is 1.75. The normalized spacial score (nSPS) is 20.7. The van der Waals surface area contributed by atoms with Crippen molar-refractivity contribution in [3.8, 4) is 0 Å².